The summed E-state index contributed by atoms with van der Waals surface area (Å²) in [4.78, 5) is 14.8. The van der Waals surface area contributed by atoms with Crippen LogP contribution in [0, 0.1) is 5.82 Å². The zero-order valence-corrected chi connectivity index (χ0v) is 15.2. The van der Waals surface area contributed by atoms with E-state index in [1.807, 2.05) is 44.2 Å². The maximum Gasteiger partial charge on any atom is 0.274 e. The van der Waals surface area contributed by atoms with Crippen LogP contribution < -0.4 is 0 Å². The van der Waals surface area contributed by atoms with Crippen LogP contribution in [0.2, 0.25) is 0 Å². The molecule has 4 nitrogen and oxygen atoms in total. The molecule has 0 N–H and O–H groups in total. The van der Waals surface area contributed by atoms with Gasteiger partial charge in [-0.2, -0.15) is 5.10 Å². The van der Waals surface area contributed by atoms with Crippen molar-refractivity contribution in [1.82, 2.24) is 14.7 Å². The van der Waals surface area contributed by atoms with Crippen molar-refractivity contribution in [1.29, 1.82) is 0 Å². The molecule has 134 valence electrons. The molecule has 0 saturated heterocycles. The van der Waals surface area contributed by atoms with Crippen LogP contribution in [0.4, 0.5) is 4.39 Å². The summed E-state index contributed by atoms with van der Waals surface area (Å²) in [6, 6.07) is 17.9. The highest BCUT2D eigenvalue weighted by atomic mass is 19.1. The van der Waals surface area contributed by atoms with Gasteiger partial charge in [-0.1, -0.05) is 30.3 Å². The molecule has 2 aromatic carbocycles. The molecule has 1 heterocycles. The van der Waals surface area contributed by atoms with Gasteiger partial charge in [-0.3, -0.25) is 9.48 Å². The number of amides is 1. The lowest BCUT2D eigenvalue weighted by atomic mass is 10.1. The van der Waals surface area contributed by atoms with Gasteiger partial charge in [-0.25, -0.2) is 4.39 Å². The Labute approximate surface area is 152 Å². The monoisotopic (exact) mass is 351 g/mol. The largest absolute Gasteiger partial charge is 0.331 e. The first kappa shape index (κ1) is 17.9. The number of halogens is 1. The molecular weight excluding hydrogens is 329 g/mol. The zero-order chi connectivity index (χ0) is 18.7. The van der Waals surface area contributed by atoms with Crippen LogP contribution in [-0.4, -0.2) is 26.6 Å². The van der Waals surface area contributed by atoms with E-state index < -0.39 is 0 Å². The highest BCUT2D eigenvalue weighted by Gasteiger charge is 2.22. The molecule has 0 fully saturated rings. The van der Waals surface area contributed by atoms with Gasteiger partial charge in [-0.15, -0.1) is 0 Å². The maximum atomic E-state index is 13.2. The SMILES string of the molecule is CC(C)N(Cc1ccccc1)C(=O)c1cc(-c2ccc(F)cc2)n(C)n1. The molecule has 3 aromatic rings. The van der Waals surface area contributed by atoms with Gasteiger partial charge in [0.15, 0.2) is 5.69 Å². The summed E-state index contributed by atoms with van der Waals surface area (Å²) in [5.41, 5.74) is 3.05. The van der Waals surface area contributed by atoms with Crippen LogP contribution in [0.3, 0.4) is 0 Å². The van der Waals surface area contributed by atoms with Gasteiger partial charge in [0.05, 0.1) is 5.69 Å². The van der Waals surface area contributed by atoms with Crippen molar-refractivity contribution in [3.05, 3.63) is 77.7 Å². The van der Waals surface area contributed by atoms with Crippen LogP contribution in [0.15, 0.2) is 60.7 Å². The van der Waals surface area contributed by atoms with Crippen molar-refractivity contribution in [3.63, 3.8) is 0 Å². The van der Waals surface area contributed by atoms with Gasteiger partial charge >= 0.3 is 0 Å². The molecular formula is C21H22FN3O. The van der Waals surface area contributed by atoms with Crippen molar-refractivity contribution >= 4 is 5.91 Å². The smallest absolute Gasteiger partial charge is 0.274 e. The zero-order valence-electron chi connectivity index (χ0n) is 15.2. The topological polar surface area (TPSA) is 38.1 Å². The molecule has 3 rings (SSSR count). The molecule has 1 aromatic heterocycles. The molecule has 0 unspecified atom stereocenters. The van der Waals surface area contributed by atoms with E-state index in [1.165, 1.54) is 12.1 Å². The Bertz CT molecular complexity index is 885. The molecule has 0 bridgehead atoms. The Hall–Kier alpha value is -2.95. The fraction of sp³-hybridized carbons (Fsp3) is 0.238. The van der Waals surface area contributed by atoms with Gasteiger partial charge in [0.25, 0.3) is 5.91 Å². The van der Waals surface area contributed by atoms with E-state index >= 15 is 0 Å². The van der Waals surface area contributed by atoms with Crippen molar-refractivity contribution < 1.29 is 9.18 Å². The van der Waals surface area contributed by atoms with Gasteiger partial charge in [0, 0.05) is 19.6 Å². The molecule has 0 atom stereocenters. The Kier molecular flexibility index (Phi) is 5.16. The Balaban J connectivity index is 1.88. The number of rotatable bonds is 5. The molecule has 1 amide bonds. The van der Waals surface area contributed by atoms with Gasteiger partial charge < -0.3 is 4.90 Å². The Morgan fingerprint density at radius 1 is 1.12 bits per heavy atom. The van der Waals surface area contributed by atoms with E-state index in [4.69, 9.17) is 0 Å². The Morgan fingerprint density at radius 2 is 1.77 bits per heavy atom. The molecule has 0 aliphatic rings. The summed E-state index contributed by atoms with van der Waals surface area (Å²) in [7, 11) is 1.78. The highest BCUT2D eigenvalue weighted by Crippen LogP contribution is 2.22. The quantitative estimate of drug-likeness (QED) is 0.688. The summed E-state index contributed by atoms with van der Waals surface area (Å²) >= 11 is 0. The lowest BCUT2D eigenvalue weighted by Crippen LogP contribution is -2.36. The van der Waals surface area contributed by atoms with Crippen LogP contribution >= 0.6 is 0 Å². The van der Waals surface area contributed by atoms with Crippen LogP contribution in [0.25, 0.3) is 11.3 Å². The molecule has 0 aliphatic carbocycles. The van der Waals surface area contributed by atoms with E-state index in [0.29, 0.717) is 12.2 Å². The lowest BCUT2D eigenvalue weighted by molar-refractivity contribution is 0.0683. The highest BCUT2D eigenvalue weighted by molar-refractivity contribution is 5.93. The number of hydrogen-bond donors (Lipinski definition) is 0. The first-order valence-corrected chi connectivity index (χ1v) is 8.60. The fourth-order valence-corrected chi connectivity index (χ4v) is 2.88. The second kappa shape index (κ2) is 7.52. The summed E-state index contributed by atoms with van der Waals surface area (Å²) in [5, 5.41) is 4.39. The average molecular weight is 351 g/mol. The molecule has 0 aliphatic heterocycles. The second-order valence-corrected chi connectivity index (χ2v) is 6.56. The number of aromatic nitrogens is 2. The molecule has 0 spiro atoms. The minimum absolute atomic E-state index is 0.0407. The summed E-state index contributed by atoms with van der Waals surface area (Å²) in [6.45, 7) is 4.51. The third-order valence-electron chi connectivity index (χ3n) is 4.32. The van der Waals surface area contributed by atoms with Crippen molar-refractivity contribution in [3.8, 4) is 11.3 Å². The molecule has 5 heteroatoms. The first-order valence-electron chi connectivity index (χ1n) is 8.60. The molecule has 26 heavy (non-hydrogen) atoms. The third kappa shape index (κ3) is 3.82. The van der Waals surface area contributed by atoms with Crippen LogP contribution in [-0.2, 0) is 13.6 Å². The fourth-order valence-electron chi connectivity index (χ4n) is 2.88. The number of nitrogens with zero attached hydrogens (tertiary/aromatic N) is 3. The van der Waals surface area contributed by atoms with Crippen molar-refractivity contribution in [2.24, 2.45) is 7.05 Å². The van der Waals surface area contributed by atoms with Crippen molar-refractivity contribution in [2.45, 2.75) is 26.4 Å². The molecule has 0 saturated carbocycles. The predicted molar refractivity (Wildman–Crippen MR) is 100 cm³/mol. The summed E-state index contributed by atoms with van der Waals surface area (Å²) < 4.78 is 14.8. The minimum atomic E-state index is -0.291. The summed E-state index contributed by atoms with van der Waals surface area (Å²) in [5.74, 6) is -0.408. The lowest BCUT2D eigenvalue weighted by Gasteiger charge is -2.26. The average Bonchev–Trinajstić information content (AvgIpc) is 3.02. The minimum Gasteiger partial charge on any atom is -0.331 e. The van der Waals surface area contributed by atoms with E-state index in [1.54, 1.807) is 34.8 Å². The van der Waals surface area contributed by atoms with Crippen LogP contribution in [0.1, 0.15) is 29.9 Å². The van der Waals surface area contributed by atoms with E-state index in [9.17, 15) is 9.18 Å². The molecule has 0 radical (unpaired) electrons. The summed E-state index contributed by atoms with van der Waals surface area (Å²) in [6.07, 6.45) is 0. The number of aryl methyl sites for hydroxylation is 1. The normalized spacial score (nSPS) is 11.0. The predicted octanol–water partition coefficient (Wildman–Crippen LogP) is 4.28. The van der Waals surface area contributed by atoms with Crippen LogP contribution in [0.5, 0.6) is 0 Å². The van der Waals surface area contributed by atoms with Gasteiger partial charge in [0.2, 0.25) is 0 Å². The third-order valence-corrected chi connectivity index (χ3v) is 4.32. The number of benzene rings is 2. The number of carbonyl (C=O) groups excluding carboxylic acids is 1. The number of carbonyl (C=O) groups is 1. The van der Waals surface area contributed by atoms with Gasteiger partial charge in [-0.05, 0) is 55.3 Å². The number of hydrogen-bond acceptors (Lipinski definition) is 2. The second-order valence-electron chi connectivity index (χ2n) is 6.56. The maximum absolute atomic E-state index is 13.2. The van der Waals surface area contributed by atoms with E-state index in [0.717, 1.165) is 16.8 Å². The van der Waals surface area contributed by atoms with E-state index in [2.05, 4.69) is 5.10 Å². The van der Waals surface area contributed by atoms with Gasteiger partial charge in [0.1, 0.15) is 5.82 Å². The first-order chi connectivity index (χ1) is 12.5. The van der Waals surface area contributed by atoms with Crippen molar-refractivity contribution in [2.75, 3.05) is 0 Å². The Morgan fingerprint density at radius 3 is 2.38 bits per heavy atom. The van der Waals surface area contributed by atoms with E-state index in [-0.39, 0.29) is 17.8 Å². The standard InChI is InChI=1S/C21H22FN3O/c1-15(2)25(14-16-7-5-4-6-8-16)21(26)19-13-20(24(3)23-19)17-9-11-18(22)12-10-17/h4-13,15H,14H2,1-3H3.